The van der Waals surface area contributed by atoms with Gasteiger partial charge in [-0.05, 0) is 211 Å². The third-order valence-corrected chi connectivity index (χ3v) is 27.5. The predicted octanol–water partition coefficient (Wildman–Crippen LogP) is 17.9. The molecule has 0 spiro atoms. The van der Waals surface area contributed by atoms with Crippen molar-refractivity contribution < 1.29 is 78.0 Å². The lowest BCUT2D eigenvalue weighted by Crippen LogP contribution is -2.34. The van der Waals surface area contributed by atoms with Crippen molar-refractivity contribution in [3.63, 3.8) is 0 Å². The molecule has 2 fully saturated rings. The maximum absolute atomic E-state index is 11.9. The Morgan fingerprint density at radius 2 is 0.616 bits per heavy atom. The molecule has 26 nitrogen and oxygen atoms in total. The molecule has 112 heavy (non-hydrogen) atoms. The Labute approximate surface area is 708 Å². The number of carboxylic acid groups (broad SMARTS) is 4. The lowest BCUT2D eigenvalue weighted by Gasteiger charge is -2.22. The molecular weight excluding hydrogens is 1710 g/mol. The van der Waals surface area contributed by atoms with Crippen molar-refractivity contribution in [2.45, 2.75) is 160 Å². The van der Waals surface area contributed by atoms with Crippen LogP contribution < -0.4 is 0 Å². The molecule has 2 aliphatic rings. The minimum atomic E-state index is -0.801. The second-order valence-electron chi connectivity index (χ2n) is 23.3. The van der Waals surface area contributed by atoms with Crippen LogP contribution in [0.2, 0.25) is 0 Å². The Bertz CT molecular complexity index is 3880. The van der Waals surface area contributed by atoms with Gasteiger partial charge in [-0.3, -0.25) is 38.4 Å². The van der Waals surface area contributed by atoms with Crippen LogP contribution in [0.25, 0.3) is 0 Å². The molecule has 0 aliphatic carbocycles. The highest BCUT2D eigenvalue weighted by molar-refractivity contribution is 8.78. The number of amides is 4. The van der Waals surface area contributed by atoms with E-state index in [0.717, 1.165) is 40.2 Å². The number of carbonyl (C=O) groups excluding carboxylic acids is 6. The van der Waals surface area contributed by atoms with Crippen molar-refractivity contribution in [2.24, 2.45) is 0 Å². The van der Waals surface area contributed by atoms with E-state index in [-0.39, 0.29) is 73.7 Å². The quantitative estimate of drug-likeness (QED) is 0.00987. The highest BCUT2D eigenvalue weighted by Crippen LogP contribution is 2.43. The van der Waals surface area contributed by atoms with E-state index in [1.165, 1.54) is 86.4 Å². The van der Waals surface area contributed by atoms with Crippen LogP contribution in [0, 0.1) is 0 Å². The number of imide groups is 2. The fraction of sp³-hybridized carbons (Fsp3) is 0.306. The SMILES string of the molecule is CC(C)(CC(=O)O)SSc1ccccn1.CC(C)(CC(=O)ON1C(=O)CCC1=O)SSc1ccccn1.CC(C)(S)CC(=O)O.O=C(CCSSc1ccccn1)ON1C(=O)CCC1=O.O=C(O)CCS.O=C(O)CCSSc1ccccn1.c1ccc(SSc2ccccn2)nc1.c1ccc(SSc2ccccn2)nc1. The number of rotatable bonds is 32. The number of nitrogens with zero attached hydrogens (tertiary/aromatic N) is 10. The first-order valence-electron chi connectivity index (χ1n) is 33.0. The summed E-state index contributed by atoms with van der Waals surface area (Å²) in [4.78, 5) is 152. The van der Waals surface area contributed by atoms with Crippen molar-refractivity contribution in [3.05, 3.63) is 195 Å². The van der Waals surface area contributed by atoms with Gasteiger partial charge in [0, 0.05) is 107 Å². The largest absolute Gasteiger partial charge is 0.481 e. The molecule has 2 saturated heterocycles. The normalized spacial score (nSPS) is 12.0. The van der Waals surface area contributed by atoms with Crippen LogP contribution in [0.4, 0.5) is 0 Å². The number of carboxylic acids is 4. The van der Waals surface area contributed by atoms with E-state index in [1.54, 1.807) is 107 Å². The van der Waals surface area contributed by atoms with Gasteiger partial charge in [0.15, 0.2) is 0 Å². The third-order valence-electron chi connectivity index (χ3n) is 11.8. The van der Waals surface area contributed by atoms with Gasteiger partial charge in [-0.15, -0.1) is 10.1 Å². The summed E-state index contributed by atoms with van der Waals surface area (Å²) in [7, 11) is 18.4. The molecular formula is C72H82N10O16S14. The Morgan fingerprint density at radius 3 is 0.848 bits per heavy atom. The highest BCUT2D eigenvalue weighted by Gasteiger charge is 2.35. The molecule has 8 aromatic rings. The Morgan fingerprint density at radius 1 is 0.357 bits per heavy atom. The number of hydrogen-bond donors (Lipinski definition) is 6. The standard InChI is InChI=1S/C14H16N2O4S2.C12H12N2O4S2.2C10H8N2S2.C10H13NO2S2.C8H9NO2S2.C5H10O2S.C3H6O2S/c1-14(2,22-21-10-5-3-4-8-15-10)9-13(19)20-16-11(17)6-7-12(16)18;15-10-4-5-11(16)14(10)18-12(17)6-8-19-20-9-3-1-2-7-13-9;2*1-3-7-11-9(5-1)13-14-10-6-2-4-8-12-10;1-10(2,7-9(12)13)15-14-8-5-3-4-6-11-8;10-8(11)4-6-12-13-7-3-1-2-5-9-7;1-5(2,8)3-4(6)7;4-3(5)1-2-6/h3-5,8H,6-7,9H2,1-2H3;1-3,7H,4-6,8H2;2*1-8H;3-6H,7H2,1-2H3,(H,12,13);1-3,5H,4,6H2,(H,10,11);8H,3H2,1-2H3,(H,6,7);6H,1-2H2,(H,4,5). The molecule has 0 unspecified atom stereocenters. The topological polar surface area (TPSA) is 380 Å². The Kier molecular flexibility index (Phi) is 51.6. The zero-order valence-electron chi connectivity index (χ0n) is 61.1. The van der Waals surface area contributed by atoms with E-state index in [4.69, 9.17) is 30.1 Å². The van der Waals surface area contributed by atoms with Gasteiger partial charge >= 0.3 is 35.8 Å². The molecule has 8 aromatic heterocycles. The zero-order chi connectivity index (χ0) is 82.4. The monoisotopic (exact) mass is 1790 g/mol. The summed E-state index contributed by atoms with van der Waals surface area (Å²) < 4.78 is -1.09. The molecule has 4 amide bonds. The van der Waals surface area contributed by atoms with Gasteiger partial charge in [0.2, 0.25) is 0 Å². The van der Waals surface area contributed by atoms with E-state index in [2.05, 4.69) is 65.1 Å². The van der Waals surface area contributed by atoms with Crippen molar-refractivity contribution in [1.29, 1.82) is 0 Å². The highest BCUT2D eigenvalue weighted by atomic mass is 33.1. The molecule has 0 bridgehead atoms. The summed E-state index contributed by atoms with van der Waals surface area (Å²) in [6.45, 7) is 11.2. The molecule has 40 heteroatoms. The average Bonchev–Trinajstić information content (AvgIpc) is 0.908. The number of hydroxylamine groups is 4. The van der Waals surface area contributed by atoms with E-state index in [0.29, 0.717) is 27.4 Å². The van der Waals surface area contributed by atoms with Crippen LogP contribution in [0.15, 0.2) is 235 Å². The maximum atomic E-state index is 11.9. The summed E-state index contributed by atoms with van der Waals surface area (Å²) in [6.07, 6.45) is 15.2. The molecule has 0 saturated carbocycles. The average molecular weight is 1790 g/mol. The summed E-state index contributed by atoms with van der Waals surface area (Å²) in [5.41, 5.74) is 0. The molecule has 10 rings (SSSR count). The molecule has 2 aliphatic heterocycles. The van der Waals surface area contributed by atoms with Crippen molar-refractivity contribution in [1.82, 2.24) is 50.0 Å². The van der Waals surface area contributed by atoms with Gasteiger partial charge in [0.1, 0.15) is 40.2 Å². The summed E-state index contributed by atoms with van der Waals surface area (Å²) in [5, 5.41) is 41.8. The second-order valence-corrected chi connectivity index (χ2v) is 39.9. The fourth-order valence-electron chi connectivity index (χ4n) is 6.94. The second kappa shape index (κ2) is 58.1. The minimum Gasteiger partial charge on any atom is -0.481 e. The smallest absolute Gasteiger partial charge is 0.334 e. The fourth-order valence-corrected chi connectivity index (χ4v) is 18.7. The first-order valence-corrected chi connectivity index (χ1v) is 47.3. The molecule has 0 atom stereocenters. The summed E-state index contributed by atoms with van der Waals surface area (Å²) >= 11 is 7.69. The van der Waals surface area contributed by atoms with Gasteiger partial charge in [-0.25, -0.2) is 49.5 Å². The van der Waals surface area contributed by atoms with E-state index < -0.39 is 64.2 Å². The predicted molar refractivity (Wildman–Crippen MR) is 459 cm³/mol. The Hall–Kier alpha value is -6.80. The zero-order valence-corrected chi connectivity index (χ0v) is 72.7. The number of pyridine rings is 8. The van der Waals surface area contributed by atoms with E-state index >= 15 is 0 Å². The van der Waals surface area contributed by atoms with Gasteiger partial charge in [0.05, 0.1) is 38.5 Å². The minimum absolute atomic E-state index is 0.0779. The first-order chi connectivity index (χ1) is 53.4. The first kappa shape index (κ1) is 99.4. The molecule has 10 heterocycles. The molecule has 600 valence electrons. The van der Waals surface area contributed by atoms with Crippen molar-refractivity contribution in [3.8, 4) is 0 Å². The van der Waals surface area contributed by atoms with Gasteiger partial charge < -0.3 is 30.1 Å². The van der Waals surface area contributed by atoms with Crippen LogP contribution >= 0.6 is 155 Å². The number of aliphatic carboxylic acids is 4. The van der Waals surface area contributed by atoms with Gasteiger partial charge in [-0.2, -0.15) is 25.3 Å². The third kappa shape index (κ3) is 51.1. The van der Waals surface area contributed by atoms with Crippen LogP contribution in [0.3, 0.4) is 0 Å². The van der Waals surface area contributed by atoms with Crippen LogP contribution in [-0.2, 0) is 57.6 Å². The van der Waals surface area contributed by atoms with Gasteiger partial charge in [-0.1, -0.05) is 106 Å². The molecule has 0 aromatic carbocycles. The molecule has 4 N–H and O–H groups in total. The number of thiol groups is 2. The number of carbonyl (C=O) groups is 10. The lowest BCUT2D eigenvalue weighted by molar-refractivity contribution is -0.197. The van der Waals surface area contributed by atoms with Crippen LogP contribution in [0.1, 0.15) is 106 Å². The van der Waals surface area contributed by atoms with Crippen molar-refractivity contribution >= 4 is 214 Å². The summed E-state index contributed by atoms with van der Waals surface area (Å²) in [6, 6.07) is 46.1. The molecule has 0 radical (unpaired) electrons. The number of hydrogen-bond acceptors (Lipinski definition) is 34. The summed E-state index contributed by atoms with van der Waals surface area (Å²) in [5.74, 6) is -4.60. The van der Waals surface area contributed by atoms with E-state index in [1.807, 2.05) is 173 Å². The van der Waals surface area contributed by atoms with Crippen molar-refractivity contribution in [2.75, 3.05) is 17.3 Å². The van der Waals surface area contributed by atoms with Gasteiger partial charge in [0.25, 0.3) is 23.6 Å². The maximum Gasteiger partial charge on any atom is 0.334 e. The van der Waals surface area contributed by atoms with Crippen LogP contribution in [-0.4, -0.2) is 161 Å². The van der Waals surface area contributed by atoms with E-state index in [9.17, 15) is 47.9 Å². The van der Waals surface area contributed by atoms with Crippen LogP contribution in [0.5, 0.6) is 0 Å². The lowest BCUT2D eigenvalue weighted by atomic mass is 10.1. The Balaban J connectivity index is 0.000000339. The number of aromatic nitrogens is 8.